The number of fused-ring (bicyclic) bond motifs is 3. The molecule has 2 aromatic heterocycles. The molecule has 1 atom stereocenters. The summed E-state index contributed by atoms with van der Waals surface area (Å²) in [6.07, 6.45) is 5.71. The quantitative estimate of drug-likeness (QED) is 0.752. The van der Waals surface area contributed by atoms with Gasteiger partial charge in [0.1, 0.15) is 10.8 Å². The van der Waals surface area contributed by atoms with E-state index in [2.05, 4.69) is 19.4 Å². The monoisotopic (exact) mass is 401 g/mol. The maximum atomic E-state index is 13.5. The molecule has 0 aliphatic carbocycles. The van der Waals surface area contributed by atoms with Crippen molar-refractivity contribution in [3.8, 4) is 0 Å². The van der Waals surface area contributed by atoms with E-state index in [1.165, 1.54) is 0 Å². The highest BCUT2D eigenvalue weighted by Crippen LogP contribution is 2.39. The Morgan fingerprint density at radius 3 is 3.00 bits per heavy atom. The van der Waals surface area contributed by atoms with Gasteiger partial charge in [-0.25, -0.2) is 9.97 Å². The van der Waals surface area contributed by atoms with Crippen LogP contribution in [0.25, 0.3) is 0 Å². The Hall–Kier alpha value is -1.61. The van der Waals surface area contributed by atoms with E-state index in [9.17, 15) is 4.79 Å². The van der Waals surface area contributed by atoms with Gasteiger partial charge in [0.15, 0.2) is 0 Å². The molecule has 0 unspecified atom stereocenters. The number of ether oxygens (including phenoxy) is 1. The van der Waals surface area contributed by atoms with Crippen molar-refractivity contribution in [3.63, 3.8) is 0 Å². The number of aromatic nitrogens is 3. The standard InChI is InChI=1S/C20H27N5O2S/c1-27-10-9-23-7-3-16-15(12-23)19(26)25-17(22-16)2-4-20(25)5-8-24(14-20)13-18-21-6-11-28-18/h6,11H,2-5,7-10,12-14H2,1H3/t20-/m0/s1. The summed E-state index contributed by atoms with van der Waals surface area (Å²) in [4.78, 5) is 27.7. The van der Waals surface area contributed by atoms with Crippen LogP contribution in [-0.2, 0) is 36.2 Å². The molecule has 0 bridgehead atoms. The summed E-state index contributed by atoms with van der Waals surface area (Å²) in [5, 5.41) is 3.18. The Bertz CT molecular complexity index is 912. The second-order valence-electron chi connectivity index (χ2n) is 8.22. The lowest BCUT2D eigenvalue weighted by atomic mass is 9.95. The minimum Gasteiger partial charge on any atom is -0.383 e. The summed E-state index contributed by atoms with van der Waals surface area (Å²) in [6, 6.07) is 0. The van der Waals surface area contributed by atoms with E-state index in [4.69, 9.17) is 9.72 Å². The summed E-state index contributed by atoms with van der Waals surface area (Å²) in [6.45, 7) is 6.04. The van der Waals surface area contributed by atoms with Gasteiger partial charge in [-0.2, -0.15) is 0 Å². The predicted molar refractivity (Wildman–Crippen MR) is 108 cm³/mol. The number of nitrogens with zero attached hydrogens (tertiary/aromatic N) is 5. The highest BCUT2D eigenvalue weighted by atomic mass is 32.1. The van der Waals surface area contributed by atoms with Crippen LogP contribution in [0.2, 0.25) is 0 Å². The lowest BCUT2D eigenvalue weighted by Crippen LogP contribution is -2.45. The number of hydrogen-bond acceptors (Lipinski definition) is 7. The maximum Gasteiger partial charge on any atom is 0.258 e. The summed E-state index contributed by atoms with van der Waals surface area (Å²) in [5.74, 6) is 1.00. The van der Waals surface area contributed by atoms with E-state index in [-0.39, 0.29) is 11.1 Å². The van der Waals surface area contributed by atoms with Gasteiger partial charge < -0.3 is 4.74 Å². The molecule has 0 saturated carbocycles. The fourth-order valence-electron chi connectivity index (χ4n) is 5.09. The molecular formula is C20H27N5O2S. The van der Waals surface area contributed by atoms with Gasteiger partial charge in [-0.15, -0.1) is 11.3 Å². The molecule has 3 aliphatic rings. The molecule has 3 aliphatic heterocycles. The lowest BCUT2D eigenvalue weighted by molar-refractivity contribution is 0.139. The topological polar surface area (TPSA) is 63.5 Å². The van der Waals surface area contributed by atoms with Gasteiger partial charge in [0.2, 0.25) is 0 Å². The number of likely N-dealkylation sites (tertiary alicyclic amines) is 1. The van der Waals surface area contributed by atoms with Crippen molar-refractivity contribution in [1.82, 2.24) is 24.3 Å². The van der Waals surface area contributed by atoms with E-state index >= 15 is 0 Å². The van der Waals surface area contributed by atoms with Gasteiger partial charge in [0, 0.05) is 64.3 Å². The molecule has 28 heavy (non-hydrogen) atoms. The number of hydrogen-bond donors (Lipinski definition) is 0. The largest absolute Gasteiger partial charge is 0.383 e. The molecular weight excluding hydrogens is 374 g/mol. The van der Waals surface area contributed by atoms with Gasteiger partial charge >= 0.3 is 0 Å². The van der Waals surface area contributed by atoms with Crippen LogP contribution in [0.3, 0.4) is 0 Å². The molecule has 8 heteroatoms. The van der Waals surface area contributed by atoms with Crippen molar-refractivity contribution in [2.24, 2.45) is 0 Å². The Morgan fingerprint density at radius 2 is 2.18 bits per heavy atom. The third kappa shape index (κ3) is 3.12. The minimum absolute atomic E-state index is 0.0828. The predicted octanol–water partition coefficient (Wildman–Crippen LogP) is 1.25. The van der Waals surface area contributed by atoms with Crippen LogP contribution in [-0.4, -0.2) is 64.2 Å². The van der Waals surface area contributed by atoms with Crippen molar-refractivity contribution in [2.75, 3.05) is 39.9 Å². The molecule has 0 aromatic carbocycles. The highest BCUT2D eigenvalue weighted by Gasteiger charge is 2.46. The zero-order valence-electron chi connectivity index (χ0n) is 16.4. The van der Waals surface area contributed by atoms with Gasteiger partial charge in [0.05, 0.1) is 29.9 Å². The van der Waals surface area contributed by atoms with E-state index in [0.29, 0.717) is 13.2 Å². The zero-order chi connectivity index (χ0) is 19.1. The first-order valence-electron chi connectivity index (χ1n) is 10.1. The van der Waals surface area contributed by atoms with E-state index < -0.39 is 0 Å². The first-order valence-corrected chi connectivity index (χ1v) is 11.0. The van der Waals surface area contributed by atoms with E-state index in [0.717, 1.165) is 80.5 Å². The smallest absolute Gasteiger partial charge is 0.258 e. The van der Waals surface area contributed by atoms with Crippen LogP contribution >= 0.6 is 11.3 Å². The first-order chi connectivity index (χ1) is 13.7. The molecule has 7 nitrogen and oxygen atoms in total. The van der Waals surface area contributed by atoms with Crippen LogP contribution in [0.1, 0.15) is 34.9 Å². The highest BCUT2D eigenvalue weighted by molar-refractivity contribution is 7.09. The second kappa shape index (κ2) is 7.33. The summed E-state index contributed by atoms with van der Waals surface area (Å²) < 4.78 is 7.29. The summed E-state index contributed by atoms with van der Waals surface area (Å²) >= 11 is 1.71. The van der Waals surface area contributed by atoms with Crippen LogP contribution in [0, 0.1) is 0 Å². The van der Waals surface area contributed by atoms with Crippen molar-refractivity contribution < 1.29 is 4.74 Å². The maximum absolute atomic E-state index is 13.5. The van der Waals surface area contributed by atoms with Gasteiger partial charge in [0.25, 0.3) is 5.56 Å². The van der Waals surface area contributed by atoms with Crippen molar-refractivity contribution in [2.45, 2.75) is 44.3 Å². The second-order valence-corrected chi connectivity index (χ2v) is 9.20. The third-order valence-corrected chi connectivity index (χ3v) is 7.30. The molecule has 0 amide bonds. The molecule has 1 spiro atoms. The van der Waals surface area contributed by atoms with Crippen molar-refractivity contribution in [3.05, 3.63) is 44.0 Å². The van der Waals surface area contributed by atoms with E-state index in [1.807, 2.05) is 11.6 Å². The average Bonchev–Trinajstić information content (AvgIpc) is 3.43. The molecule has 2 aromatic rings. The van der Waals surface area contributed by atoms with Gasteiger partial charge in [-0.05, 0) is 12.8 Å². The molecule has 5 heterocycles. The molecule has 1 saturated heterocycles. The normalized spacial score (nSPS) is 24.8. The third-order valence-electron chi connectivity index (χ3n) is 6.53. The number of methoxy groups -OCH3 is 1. The molecule has 0 radical (unpaired) electrons. The zero-order valence-corrected chi connectivity index (χ0v) is 17.2. The van der Waals surface area contributed by atoms with Crippen molar-refractivity contribution in [1.29, 1.82) is 0 Å². The Morgan fingerprint density at radius 1 is 1.25 bits per heavy atom. The van der Waals surface area contributed by atoms with Gasteiger partial charge in [-0.1, -0.05) is 0 Å². The Kier molecular flexibility index (Phi) is 4.82. The van der Waals surface area contributed by atoms with Crippen LogP contribution in [0.4, 0.5) is 0 Å². The Balaban J connectivity index is 1.42. The number of aryl methyl sites for hydroxylation is 1. The molecule has 150 valence electrons. The molecule has 5 rings (SSSR count). The van der Waals surface area contributed by atoms with Crippen LogP contribution in [0.5, 0.6) is 0 Å². The SMILES string of the molecule is COCCN1CCc2nc3n(c(=O)c2C1)[C@@]1(CC3)CCN(Cc2nccs2)C1. The van der Waals surface area contributed by atoms with Crippen molar-refractivity contribution >= 4 is 11.3 Å². The average molecular weight is 402 g/mol. The van der Waals surface area contributed by atoms with E-state index in [1.54, 1.807) is 18.4 Å². The van der Waals surface area contributed by atoms with Crippen LogP contribution < -0.4 is 5.56 Å². The summed E-state index contributed by atoms with van der Waals surface area (Å²) in [5.41, 5.74) is 2.06. The first kappa shape index (κ1) is 18.4. The Labute approximate surface area is 169 Å². The summed E-state index contributed by atoms with van der Waals surface area (Å²) in [7, 11) is 1.72. The minimum atomic E-state index is -0.0828. The molecule has 0 N–H and O–H groups in total. The number of thiazole rings is 1. The van der Waals surface area contributed by atoms with Crippen LogP contribution in [0.15, 0.2) is 16.4 Å². The van der Waals surface area contributed by atoms with Gasteiger partial charge in [-0.3, -0.25) is 19.2 Å². The fourth-order valence-corrected chi connectivity index (χ4v) is 5.75. The lowest BCUT2D eigenvalue weighted by Gasteiger charge is -2.31. The fraction of sp³-hybridized carbons (Fsp3) is 0.650. The number of rotatable bonds is 5. The molecule has 1 fully saturated rings.